The summed E-state index contributed by atoms with van der Waals surface area (Å²) in [6, 6.07) is 0. The Hall–Kier alpha value is -0.650. The highest BCUT2D eigenvalue weighted by atomic mass is 16.5. The molecule has 2 saturated carbocycles. The number of ether oxygens (including phenoxy) is 2. The number of rotatable bonds is 6. The Balaban J connectivity index is 1.50. The number of nitrogens with one attached hydrogen (secondary N) is 1. The monoisotopic (exact) mass is 296 g/mol. The average Bonchev–Trinajstić information content (AvgIpc) is 3.30. The second-order valence-corrected chi connectivity index (χ2v) is 7.41. The molecule has 0 aromatic rings. The van der Waals surface area contributed by atoms with Gasteiger partial charge in [0.2, 0.25) is 5.91 Å². The average molecular weight is 296 g/mol. The van der Waals surface area contributed by atoms with E-state index in [1.54, 1.807) is 0 Å². The molecule has 0 aromatic carbocycles. The first kappa shape index (κ1) is 15.3. The minimum Gasteiger partial charge on any atom is -0.379 e. The second-order valence-electron chi connectivity index (χ2n) is 7.41. The van der Waals surface area contributed by atoms with Gasteiger partial charge >= 0.3 is 0 Å². The number of nitrogens with two attached hydrogens (primary N) is 1. The van der Waals surface area contributed by atoms with Crippen molar-refractivity contribution in [2.45, 2.75) is 51.2 Å². The van der Waals surface area contributed by atoms with Crippen molar-refractivity contribution in [2.75, 3.05) is 26.4 Å². The van der Waals surface area contributed by atoms with Gasteiger partial charge in [-0.2, -0.15) is 0 Å². The molecule has 120 valence electrons. The molecule has 1 heterocycles. The first-order chi connectivity index (χ1) is 9.98. The van der Waals surface area contributed by atoms with Crippen molar-refractivity contribution in [3.8, 4) is 0 Å². The van der Waals surface area contributed by atoms with E-state index < -0.39 is 5.54 Å². The predicted molar refractivity (Wildman–Crippen MR) is 79.7 cm³/mol. The van der Waals surface area contributed by atoms with Crippen molar-refractivity contribution < 1.29 is 14.3 Å². The van der Waals surface area contributed by atoms with Crippen LogP contribution in [0.2, 0.25) is 0 Å². The normalized spacial score (nSPS) is 37.5. The third-order valence-corrected chi connectivity index (χ3v) is 5.64. The lowest BCUT2D eigenvalue weighted by molar-refractivity contribution is -0.225. The third kappa shape index (κ3) is 2.49. The summed E-state index contributed by atoms with van der Waals surface area (Å²) in [6.07, 6.45) is 4.67. The molecular formula is C16H28N2O3. The molecular weight excluding hydrogens is 268 g/mol. The minimum absolute atomic E-state index is 0.0470. The van der Waals surface area contributed by atoms with Crippen molar-refractivity contribution in [2.24, 2.45) is 23.0 Å². The Morgan fingerprint density at radius 1 is 1.38 bits per heavy atom. The zero-order valence-corrected chi connectivity index (χ0v) is 13.2. The minimum atomic E-state index is -0.811. The van der Waals surface area contributed by atoms with Gasteiger partial charge in [-0.3, -0.25) is 4.79 Å². The summed E-state index contributed by atoms with van der Waals surface area (Å²) in [4.78, 5) is 12.6. The smallest absolute Gasteiger partial charge is 0.241 e. The maximum Gasteiger partial charge on any atom is 0.241 e. The van der Waals surface area contributed by atoms with Gasteiger partial charge in [0, 0.05) is 31.1 Å². The van der Waals surface area contributed by atoms with Crippen LogP contribution in [-0.2, 0) is 14.3 Å². The van der Waals surface area contributed by atoms with Crippen LogP contribution in [0.4, 0.5) is 0 Å². The molecule has 21 heavy (non-hydrogen) atoms. The van der Waals surface area contributed by atoms with E-state index in [-0.39, 0.29) is 23.3 Å². The van der Waals surface area contributed by atoms with Gasteiger partial charge in [-0.25, -0.2) is 0 Å². The van der Waals surface area contributed by atoms with Crippen LogP contribution in [0.1, 0.15) is 39.5 Å². The summed E-state index contributed by atoms with van der Waals surface area (Å²) in [5, 5.41) is 2.96. The number of hydrogen-bond acceptors (Lipinski definition) is 4. The molecule has 5 heteroatoms. The topological polar surface area (TPSA) is 73.6 Å². The van der Waals surface area contributed by atoms with Crippen LogP contribution in [-0.4, -0.2) is 43.9 Å². The summed E-state index contributed by atoms with van der Waals surface area (Å²) < 4.78 is 11.4. The first-order valence-electron chi connectivity index (χ1n) is 8.24. The predicted octanol–water partition coefficient (Wildman–Crippen LogP) is 1.06. The van der Waals surface area contributed by atoms with Crippen LogP contribution in [0.3, 0.4) is 0 Å². The van der Waals surface area contributed by atoms with Crippen LogP contribution in [0, 0.1) is 17.3 Å². The lowest BCUT2D eigenvalue weighted by atomic mass is 9.46. The Morgan fingerprint density at radius 3 is 2.86 bits per heavy atom. The number of fused-ring (bicyclic) bond motifs is 1. The van der Waals surface area contributed by atoms with Crippen LogP contribution < -0.4 is 11.1 Å². The molecule has 3 unspecified atom stereocenters. The van der Waals surface area contributed by atoms with Crippen molar-refractivity contribution >= 4 is 5.91 Å². The molecule has 3 atom stereocenters. The standard InChI is InChI=1S/C16H28N2O3/c1-15(2)13-12(4-3-8-21-13)16(15,17)14(19)18-7-9-20-10-11-5-6-11/h11-13H,3-10,17H2,1-2H3,(H,18,19). The zero-order valence-electron chi connectivity index (χ0n) is 13.2. The molecule has 0 aromatic heterocycles. The van der Waals surface area contributed by atoms with Crippen molar-refractivity contribution in [1.82, 2.24) is 5.32 Å². The fraction of sp³-hybridized carbons (Fsp3) is 0.938. The van der Waals surface area contributed by atoms with E-state index in [2.05, 4.69) is 5.32 Å². The highest BCUT2D eigenvalue weighted by Gasteiger charge is 2.70. The van der Waals surface area contributed by atoms with Gasteiger partial charge < -0.3 is 20.5 Å². The fourth-order valence-corrected chi connectivity index (χ4v) is 3.95. The first-order valence-corrected chi connectivity index (χ1v) is 8.24. The van der Waals surface area contributed by atoms with E-state index in [0.717, 1.165) is 32.0 Å². The highest BCUT2D eigenvalue weighted by molar-refractivity contribution is 5.89. The van der Waals surface area contributed by atoms with Crippen LogP contribution in [0.25, 0.3) is 0 Å². The fourth-order valence-electron chi connectivity index (χ4n) is 3.95. The lowest BCUT2D eigenvalue weighted by Crippen LogP contribution is -2.82. The van der Waals surface area contributed by atoms with E-state index in [4.69, 9.17) is 15.2 Å². The number of hydrogen-bond donors (Lipinski definition) is 2. The van der Waals surface area contributed by atoms with Crippen LogP contribution in [0.5, 0.6) is 0 Å². The van der Waals surface area contributed by atoms with E-state index in [0.29, 0.717) is 13.2 Å². The van der Waals surface area contributed by atoms with Crippen LogP contribution in [0.15, 0.2) is 0 Å². The summed E-state index contributed by atoms with van der Waals surface area (Å²) in [7, 11) is 0. The number of carbonyl (C=O) groups excluding carboxylic acids is 1. The molecule has 1 amide bonds. The number of carbonyl (C=O) groups is 1. The molecule has 0 spiro atoms. The van der Waals surface area contributed by atoms with E-state index >= 15 is 0 Å². The molecule has 5 nitrogen and oxygen atoms in total. The van der Waals surface area contributed by atoms with Gasteiger partial charge in [0.15, 0.2) is 0 Å². The molecule has 3 fully saturated rings. The maximum absolute atomic E-state index is 12.6. The lowest BCUT2D eigenvalue weighted by Gasteiger charge is -2.65. The number of amides is 1. The third-order valence-electron chi connectivity index (χ3n) is 5.64. The molecule has 1 aliphatic heterocycles. The van der Waals surface area contributed by atoms with Crippen LogP contribution >= 0.6 is 0 Å². The molecule has 0 radical (unpaired) electrons. The van der Waals surface area contributed by atoms with Gasteiger partial charge in [-0.05, 0) is 31.6 Å². The molecule has 1 saturated heterocycles. The summed E-state index contributed by atoms with van der Waals surface area (Å²) in [6.45, 7) is 6.82. The van der Waals surface area contributed by atoms with Crippen molar-refractivity contribution in [3.63, 3.8) is 0 Å². The van der Waals surface area contributed by atoms with Gasteiger partial charge in [0.25, 0.3) is 0 Å². The molecule has 3 N–H and O–H groups in total. The highest BCUT2D eigenvalue weighted by Crippen LogP contribution is 2.57. The Kier molecular flexibility index (Phi) is 4.01. The van der Waals surface area contributed by atoms with Gasteiger partial charge in [0.1, 0.15) is 5.54 Å². The second kappa shape index (κ2) is 5.52. The summed E-state index contributed by atoms with van der Waals surface area (Å²) in [5.74, 6) is 0.857. The summed E-state index contributed by atoms with van der Waals surface area (Å²) in [5.41, 5.74) is 5.40. The maximum atomic E-state index is 12.6. The quantitative estimate of drug-likeness (QED) is 0.719. The Morgan fingerprint density at radius 2 is 2.14 bits per heavy atom. The summed E-state index contributed by atoms with van der Waals surface area (Å²) >= 11 is 0. The van der Waals surface area contributed by atoms with Crippen molar-refractivity contribution in [3.05, 3.63) is 0 Å². The molecule has 0 bridgehead atoms. The van der Waals surface area contributed by atoms with E-state index in [9.17, 15) is 4.79 Å². The molecule has 3 rings (SSSR count). The van der Waals surface area contributed by atoms with Gasteiger partial charge in [-0.15, -0.1) is 0 Å². The Labute approximate surface area is 126 Å². The SMILES string of the molecule is CC1(C)C2OCCCC2C1(N)C(=O)NCCOCC1CC1. The van der Waals surface area contributed by atoms with Crippen molar-refractivity contribution in [1.29, 1.82) is 0 Å². The van der Waals surface area contributed by atoms with Gasteiger partial charge in [0.05, 0.1) is 12.7 Å². The molecule has 3 aliphatic rings. The zero-order chi connectivity index (χ0) is 15.1. The largest absolute Gasteiger partial charge is 0.379 e. The van der Waals surface area contributed by atoms with E-state index in [1.165, 1.54) is 12.8 Å². The Bertz CT molecular complexity index is 408. The van der Waals surface area contributed by atoms with E-state index in [1.807, 2.05) is 13.8 Å². The van der Waals surface area contributed by atoms with Gasteiger partial charge in [-0.1, -0.05) is 13.8 Å². The molecule has 2 aliphatic carbocycles.